The summed E-state index contributed by atoms with van der Waals surface area (Å²) in [6.07, 6.45) is 1.75. The number of carbonyl (C=O) groups excluding carboxylic acids is 1. The third kappa shape index (κ3) is 2.62. The van der Waals surface area contributed by atoms with Gasteiger partial charge in [-0.1, -0.05) is 6.08 Å². The number of nitrogens with zero attached hydrogens (tertiary/aromatic N) is 1. The van der Waals surface area contributed by atoms with Crippen LogP contribution in [0.4, 0.5) is 0 Å². The molecule has 0 aliphatic carbocycles. The molecule has 0 radical (unpaired) electrons. The molecule has 64 valence electrons. The fourth-order valence-corrected chi connectivity index (χ4v) is 1.04. The van der Waals surface area contributed by atoms with Gasteiger partial charge in [-0.15, -0.1) is 0 Å². The summed E-state index contributed by atoms with van der Waals surface area (Å²) in [5.74, 6) is -0.351. The zero-order chi connectivity index (χ0) is 8.85. The molecule has 2 N–H and O–H groups in total. The molecule has 0 aromatic rings. The molecular formula is C8H16N2O. The minimum Gasteiger partial charge on any atom is -0.368 e. The second kappa shape index (κ2) is 4.77. The molecule has 0 aromatic carbocycles. The fraction of sp³-hybridized carbons (Fsp3) is 0.625. The van der Waals surface area contributed by atoms with Crippen LogP contribution in [0.15, 0.2) is 11.8 Å². The molecule has 0 spiro atoms. The zero-order valence-electron chi connectivity index (χ0n) is 7.42. The average molecular weight is 156 g/mol. The maximum absolute atomic E-state index is 10.8. The number of nitrogens with two attached hydrogens (primary N) is 1. The normalized spacial score (nSPS) is 11.4. The van der Waals surface area contributed by atoms with E-state index in [4.69, 9.17) is 5.73 Å². The fourth-order valence-electron chi connectivity index (χ4n) is 1.04. The number of carbonyl (C=O) groups is 1. The predicted molar refractivity (Wildman–Crippen MR) is 45.9 cm³/mol. The summed E-state index contributed by atoms with van der Waals surface area (Å²) in [6.45, 7) is 7.45. The Morgan fingerprint density at radius 2 is 1.91 bits per heavy atom. The van der Waals surface area contributed by atoms with Gasteiger partial charge in [0.05, 0.1) is 5.70 Å². The Morgan fingerprint density at radius 3 is 2.00 bits per heavy atom. The minimum absolute atomic E-state index is 0.351. The molecule has 11 heavy (non-hydrogen) atoms. The monoisotopic (exact) mass is 156 g/mol. The molecule has 0 unspecified atom stereocenters. The van der Waals surface area contributed by atoms with Crippen LogP contribution in [0.5, 0.6) is 0 Å². The van der Waals surface area contributed by atoms with Crippen molar-refractivity contribution in [2.45, 2.75) is 20.8 Å². The molecule has 0 rings (SSSR count). The van der Waals surface area contributed by atoms with Gasteiger partial charge < -0.3 is 10.6 Å². The maximum atomic E-state index is 10.8. The highest BCUT2D eigenvalue weighted by atomic mass is 16.1. The molecule has 0 bridgehead atoms. The van der Waals surface area contributed by atoms with Crippen molar-refractivity contribution in [3.63, 3.8) is 0 Å². The molecule has 0 atom stereocenters. The molecule has 0 saturated heterocycles. The molecule has 0 aromatic heterocycles. The van der Waals surface area contributed by atoms with Gasteiger partial charge in [-0.2, -0.15) is 0 Å². The smallest absolute Gasteiger partial charge is 0.264 e. The van der Waals surface area contributed by atoms with E-state index in [0.717, 1.165) is 13.1 Å². The van der Waals surface area contributed by atoms with Crippen molar-refractivity contribution in [3.05, 3.63) is 11.8 Å². The Hall–Kier alpha value is -0.990. The first-order chi connectivity index (χ1) is 5.17. The maximum Gasteiger partial charge on any atom is 0.264 e. The zero-order valence-corrected chi connectivity index (χ0v) is 7.42. The van der Waals surface area contributed by atoms with Gasteiger partial charge in [-0.3, -0.25) is 4.79 Å². The summed E-state index contributed by atoms with van der Waals surface area (Å²) in [4.78, 5) is 12.7. The SMILES string of the molecule is C/C=C(/C(N)=O)N(CC)CC. The van der Waals surface area contributed by atoms with Gasteiger partial charge in [-0.25, -0.2) is 0 Å². The Kier molecular flexibility index (Phi) is 4.34. The first-order valence-corrected chi connectivity index (χ1v) is 3.88. The summed E-state index contributed by atoms with van der Waals surface area (Å²) in [5, 5.41) is 0. The van der Waals surface area contributed by atoms with Gasteiger partial charge in [0, 0.05) is 13.1 Å². The van der Waals surface area contributed by atoms with Crippen LogP contribution in [0, 0.1) is 0 Å². The highest BCUT2D eigenvalue weighted by molar-refractivity contribution is 5.91. The van der Waals surface area contributed by atoms with E-state index in [1.54, 1.807) is 6.08 Å². The average Bonchev–Trinajstić information content (AvgIpc) is 1.99. The van der Waals surface area contributed by atoms with Crippen molar-refractivity contribution in [2.75, 3.05) is 13.1 Å². The third-order valence-corrected chi connectivity index (χ3v) is 1.63. The van der Waals surface area contributed by atoms with E-state index < -0.39 is 0 Å². The third-order valence-electron chi connectivity index (χ3n) is 1.63. The van der Waals surface area contributed by atoms with Crippen molar-refractivity contribution in [3.8, 4) is 0 Å². The van der Waals surface area contributed by atoms with E-state index in [9.17, 15) is 4.79 Å². The Balaban J connectivity index is 4.36. The highest BCUT2D eigenvalue weighted by Gasteiger charge is 2.08. The van der Waals surface area contributed by atoms with Crippen LogP contribution in [-0.4, -0.2) is 23.9 Å². The lowest BCUT2D eigenvalue weighted by Crippen LogP contribution is -2.31. The molecule has 0 heterocycles. The molecule has 3 heteroatoms. The summed E-state index contributed by atoms with van der Waals surface area (Å²) in [7, 11) is 0. The largest absolute Gasteiger partial charge is 0.368 e. The predicted octanol–water partition coefficient (Wildman–Crippen LogP) is 0.717. The second-order valence-corrected chi connectivity index (χ2v) is 2.21. The number of rotatable bonds is 4. The number of hydrogen-bond donors (Lipinski definition) is 1. The van der Waals surface area contributed by atoms with Crippen molar-refractivity contribution in [2.24, 2.45) is 5.73 Å². The van der Waals surface area contributed by atoms with Crippen LogP contribution in [0.3, 0.4) is 0 Å². The van der Waals surface area contributed by atoms with Gasteiger partial charge in [-0.05, 0) is 20.8 Å². The first-order valence-electron chi connectivity index (χ1n) is 3.88. The summed E-state index contributed by atoms with van der Waals surface area (Å²) >= 11 is 0. The summed E-state index contributed by atoms with van der Waals surface area (Å²) < 4.78 is 0. The van der Waals surface area contributed by atoms with Gasteiger partial charge in [0.2, 0.25) is 0 Å². The van der Waals surface area contributed by atoms with E-state index in [1.807, 2.05) is 25.7 Å². The minimum atomic E-state index is -0.351. The number of likely N-dealkylation sites (N-methyl/N-ethyl adjacent to an activating group) is 1. The van der Waals surface area contributed by atoms with Gasteiger partial charge in [0.1, 0.15) is 0 Å². The summed E-state index contributed by atoms with van der Waals surface area (Å²) in [5.41, 5.74) is 5.76. The van der Waals surface area contributed by atoms with Crippen LogP contribution < -0.4 is 5.73 Å². The standard InChI is InChI=1S/C8H16N2O/c1-4-7(8(9)11)10(5-2)6-3/h4H,5-6H2,1-3H3,(H2,9,11)/b7-4-. The van der Waals surface area contributed by atoms with E-state index in [0.29, 0.717) is 5.70 Å². The lowest BCUT2D eigenvalue weighted by Gasteiger charge is -2.21. The molecular weight excluding hydrogens is 140 g/mol. The molecule has 0 fully saturated rings. The van der Waals surface area contributed by atoms with E-state index >= 15 is 0 Å². The van der Waals surface area contributed by atoms with Crippen LogP contribution >= 0.6 is 0 Å². The van der Waals surface area contributed by atoms with Crippen LogP contribution in [-0.2, 0) is 4.79 Å². The van der Waals surface area contributed by atoms with E-state index in [1.165, 1.54) is 0 Å². The van der Waals surface area contributed by atoms with Crippen molar-refractivity contribution in [1.82, 2.24) is 4.90 Å². The first kappa shape index (κ1) is 10.0. The molecule has 0 aliphatic heterocycles. The van der Waals surface area contributed by atoms with Gasteiger partial charge in [0.15, 0.2) is 0 Å². The van der Waals surface area contributed by atoms with Crippen LogP contribution in [0.25, 0.3) is 0 Å². The Morgan fingerprint density at radius 1 is 1.45 bits per heavy atom. The van der Waals surface area contributed by atoms with Crippen LogP contribution in [0.2, 0.25) is 0 Å². The number of primary amides is 1. The number of amides is 1. The number of hydrogen-bond acceptors (Lipinski definition) is 2. The number of allylic oxidation sites excluding steroid dienone is 1. The Bertz CT molecular complexity index is 159. The van der Waals surface area contributed by atoms with Gasteiger partial charge >= 0.3 is 0 Å². The quantitative estimate of drug-likeness (QED) is 0.609. The lowest BCUT2D eigenvalue weighted by molar-refractivity contribution is -0.116. The Labute approximate surface area is 67.9 Å². The highest BCUT2D eigenvalue weighted by Crippen LogP contribution is 2.01. The van der Waals surface area contributed by atoms with Crippen molar-refractivity contribution in [1.29, 1.82) is 0 Å². The topological polar surface area (TPSA) is 46.3 Å². The molecule has 1 amide bonds. The lowest BCUT2D eigenvalue weighted by atomic mass is 10.3. The van der Waals surface area contributed by atoms with Crippen molar-refractivity contribution < 1.29 is 4.79 Å². The summed E-state index contributed by atoms with van der Waals surface area (Å²) in [6, 6.07) is 0. The van der Waals surface area contributed by atoms with E-state index in [-0.39, 0.29) is 5.91 Å². The molecule has 0 aliphatic rings. The van der Waals surface area contributed by atoms with E-state index in [2.05, 4.69) is 0 Å². The van der Waals surface area contributed by atoms with Crippen LogP contribution in [0.1, 0.15) is 20.8 Å². The van der Waals surface area contributed by atoms with Crippen molar-refractivity contribution >= 4 is 5.91 Å². The molecule has 3 nitrogen and oxygen atoms in total. The second-order valence-electron chi connectivity index (χ2n) is 2.21. The van der Waals surface area contributed by atoms with Gasteiger partial charge in [0.25, 0.3) is 5.91 Å². The molecule has 0 saturated carbocycles.